The molecule has 1 N–H and O–H groups in total. The highest BCUT2D eigenvalue weighted by atomic mass is 35.5. The number of hydrogen-bond donors (Lipinski definition) is 1. The molecule has 0 saturated heterocycles. The van der Waals surface area contributed by atoms with Crippen molar-refractivity contribution in [3.05, 3.63) is 57.0 Å². The number of nitrogens with zero attached hydrogens (tertiary/aromatic N) is 1. The van der Waals surface area contributed by atoms with Crippen molar-refractivity contribution in [3.8, 4) is 0 Å². The van der Waals surface area contributed by atoms with E-state index in [1.807, 2.05) is 0 Å². The summed E-state index contributed by atoms with van der Waals surface area (Å²) < 4.78 is 27.6. The highest BCUT2D eigenvalue weighted by molar-refractivity contribution is 7.93. The third-order valence-corrected chi connectivity index (χ3v) is 6.66. The number of anilines is 1. The number of carboxylic acid groups (broad SMARTS) is 1. The maximum atomic E-state index is 13.2. The average Bonchev–Trinajstić information content (AvgIpc) is 2.56. The van der Waals surface area contributed by atoms with Crippen LogP contribution in [0.25, 0.3) is 0 Å². The summed E-state index contributed by atoms with van der Waals surface area (Å²) in [6.07, 6.45) is -0.0480. The second-order valence-corrected chi connectivity index (χ2v) is 8.61. The lowest BCUT2D eigenvalue weighted by atomic mass is 10.2. The zero-order valence-corrected chi connectivity index (χ0v) is 16.8. The molecule has 2 aromatic carbocycles. The molecule has 2 aromatic rings. The van der Waals surface area contributed by atoms with Gasteiger partial charge in [-0.05, 0) is 49.2 Å². The molecule has 0 aliphatic rings. The van der Waals surface area contributed by atoms with Crippen LogP contribution in [0.4, 0.5) is 5.69 Å². The molecule has 0 aliphatic heterocycles. The topological polar surface area (TPSA) is 74.7 Å². The fourth-order valence-corrected chi connectivity index (χ4v) is 4.87. The van der Waals surface area contributed by atoms with Crippen molar-refractivity contribution in [2.75, 3.05) is 10.8 Å². The molecule has 0 aromatic heterocycles. The molecule has 0 bridgehead atoms. The Morgan fingerprint density at radius 3 is 2.46 bits per heavy atom. The molecule has 140 valence electrons. The van der Waals surface area contributed by atoms with Crippen molar-refractivity contribution < 1.29 is 18.3 Å². The highest BCUT2D eigenvalue weighted by Gasteiger charge is 2.29. The smallest absolute Gasteiger partial charge is 0.303 e. The van der Waals surface area contributed by atoms with E-state index < -0.39 is 16.0 Å². The maximum Gasteiger partial charge on any atom is 0.303 e. The van der Waals surface area contributed by atoms with Crippen LogP contribution in [0.15, 0.2) is 41.3 Å². The molecule has 0 saturated carbocycles. The fraction of sp³-hybridized carbons (Fsp3) is 0.235. The van der Waals surface area contributed by atoms with Gasteiger partial charge in [0.05, 0.1) is 10.7 Å². The monoisotopic (exact) mass is 435 g/mol. The van der Waals surface area contributed by atoms with Crippen LogP contribution in [-0.4, -0.2) is 26.0 Å². The Balaban J connectivity index is 2.56. The Kier molecular flexibility index (Phi) is 6.80. The Hall–Kier alpha value is -1.47. The van der Waals surface area contributed by atoms with E-state index in [0.29, 0.717) is 16.3 Å². The van der Waals surface area contributed by atoms with Gasteiger partial charge in [-0.2, -0.15) is 0 Å². The summed E-state index contributed by atoms with van der Waals surface area (Å²) >= 11 is 18.2. The van der Waals surface area contributed by atoms with Crippen LogP contribution in [0.2, 0.25) is 15.1 Å². The fourth-order valence-electron chi connectivity index (χ4n) is 2.40. The Labute approximate surface area is 167 Å². The van der Waals surface area contributed by atoms with Crippen LogP contribution in [0.5, 0.6) is 0 Å². The van der Waals surface area contributed by atoms with Gasteiger partial charge < -0.3 is 5.11 Å². The average molecular weight is 437 g/mol. The number of carbonyl (C=O) groups is 1. The SMILES string of the molecule is Cc1c(Cl)cccc1N(CCCC(=O)O)S(=O)(=O)c1cc(Cl)ccc1Cl. The highest BCUT2D eigenvalue weighted by Crippen LogP contribution is 2.34. The number of halogens is 3. The molecule has 26 heavy (non-hydrogen) atoms. The van der Waals surface area contributed by atoms with E-state index in [1.54, 1.807) is 25.1 Å². The first-order valence-electron chi connectivity index (χ1n) is 7.59. The minimum atomic E-state index is -4.08. The number of carboxylic acids is 1. The minimum absolute atomic E-state index is 0.0253. The molecule has 0 amide bonds. The second kappa shape index (κ2) is 8.48. The van der Waals surface area contributed by atoms with E-state index in [1.165, 1.54) is 18.2 Å². The molecular weight excluding hydrogens is 421 g/mol. The van der Waals surface area contributed by atoms with Crippen molar-refractivity contribution in [1.29, 1.82) is 0 Å². The Bertz CT molecular complexity index is 932. The van der Waals surface area contributed by atoms with Crippen LogP contribution in [0.1, 0.15) is 18.4 Å². The van der Waals surface area contributed by atoms with Gasteiger partial charge in [0.15, 0.2) is 0 Å². The zero-order valence-electron chi connectivity index (χ0n) is 13.7. The van der Waals surface area contributed by atoms with Gasteiger partial charge in [-0.15, -0.1) is 0 Å². The molecule has 0 unspecified atom stereocenters. The first kappa shape index (κ1) is 20.8. The van der Waals surface area contributed by atoms with Crippen LogP contribution in [-0.2, 0) is 14.8 Å². The molecular formula is C17H16Cl3NO4S. The molecule has 0 spiro atoms. The number of aliphatic carboxylic acids is 1. The van der Waals surface area contributed by atoms with E-state index >= 15 is 0 Å². The summed E-state index contributed by atoms with van der Waals surface area (Å²) in [6.45, 7) is 1.65. The Morgan fingerprint density at radius 1 is 1.12 bits per heavy atom. The van der Waals surface area contributed by atoms with Gasteiger partial charge in [0.2, 0.25) is 0 Å². The van der Waals surface area contributed by atoms with Gasteiger partial charge in [-0.1, -0.05) is 40.9 Å². The molecule has 0 atom stereocenters. The van der Waals surface area contributed by atoms with Gasteiger partial charge in [0.1, 0.15) is 4.90 Å². The van der Waals surface area contributed by atoms with Crippen molar-refractivity contribution in [3.63, 3.8) is 0 Å². The number of hydrogen-bond acceptors (Lipinski definition) is 3. The summed E-state index contributed by atoms with van der Waals surface area (Å²) in [5.41, 5.74) is 0.921. The minimum Gasteiger partial charge on any atom is -0.481 e. The third kappa shape index (κ3) is 4.62. The summed E-state index contributed by atoms with van der Waals surface area (Å²) in [7, 11) is -4.08. The summed E-state index contributed by atoms with van der Waals surface area (Å²) in [5, 5.41) is 9.52. The zero-order chi connectivity index (χ0) is 19.5. The van der Waals surface area contributed by atoms with Crippen molar-refractivity contribution in [2.24, 2.45) is 0 Å². The number of benzene rings is 2. The second-order valence-electron chi connectivity index (χ2n) is 5.53. The van der Waals surface area contributed by atoms with E-state index in [4.69, 9.17) is 39.9 Å². The molecule has 5 nitrogen and oxygen atoms in total. The van der Waals surface area contributed by atoms with Gasteiger partial charge in [-0.3, -0.25) is 9.10 Å². The predicted octanol–water partition coefficient (Wildman–Crippen LogP) is 5.02. The lowest BCUT2D eigenvalue weighted by molar-refractivity contribution is -0.137. The summed E-state index contributed by atoms with van der Waals surface area (Å²) in [4.78, 5) is 10.7. The van der Waals surface area contributed by atoms with Gasteiger partial charge >= 0.3 is 5.97 Å². The van der Waals surface area contributed by atoms with Crippen molar-refractivity contribution in [1.82, 2.24) is 0 Å². The predicted molar refractivity (Wildman–Crippen MR) is 104 cm³/mol. The van der Waals surface area contributed by atoms with Gasteiger partial charge in [0.25, 0.3) is 10.0 Å². The first-order valence-corrected chi connectivity index (χ1v) is 10.2. The quantitative estimate of drug-likeness (QED) is 0.661. The summed E-state index contributed by atoms with van der Waals surface area (Å²) in [5.74, 6) is -1.01. The van der Waals surface area contributed by atoms with E-state index in [2.05, 4.69) is 0 Å². The maximum absolute atomic E-state index is 13.2. The molecule has 0 heterocycles. The van der Waals surface area contributed by atoms with Gasteiger partial charge in [-0.25, -0.2) is 8.42 Å². The molecule has 0 radical (unpaired) electrons. The van der Waals surface area contributed by atoms with E-state index in [0.717, 1.165) is 4.31 Å². The molecule has 0 fully saturated rings. The lowest BCUT2D eigenvalue weighted by Gasteiger charge is -2.26. The lowest BCUT2D eigenvalue weighted by Crippen LogP contribution is -2.33. The summed E-state index contributed by atoms with van der Waals surface area (Å²) in [6, 6.07) is 9.04. The molecule has 0 aliphatic carbocycles. The van der Waals surface area contributed by atoms with Crippen LogP contribution >= 0.6 is 34.8 Å². The normalized spacial score (nSPS) is 11.4. The van der Waals surface area contributed by atoms with Crippen LogP contribution < -0.4 is 4.31 Å². The largest absolute Gasteiger partial charge is 0.481 e. The number of sulfonamides is 1. The molecule has 9 heteroatoms. The van der Waals surface area contributed by atoms with Gasteiger partial charge in [0, 0.05) is 23.0 Å². The van der Waals surface area contributed by atoms with Crippen LogP contribution in [0, 0.1) is 6.92 Å². The standard InChI is InChI=1S/C17H16Cl3NO4S/c1-11-13(19)4-2-5-15(11)21(9-3-6-17(22)23)26(24,25)16-10-12(18)7-8-14(16)20/h2,4-5,7-8,10H,3,6,9H2,1H3,(H,22,23). The number of rotatable bonds is 7. The first-order chi connectivity index (χ1) is 12.1. The van der Waals surface area contributed by atoms with E-state index in [-0.39, 0.29) is 34.3 Å². The molecule has 2 rings (SSSR count). The van der Waals surface area contributed by atoms with E-state index in [9.17, 15) is 13.2 Å². The van der Waals surface area contributed by atoms with Crippen LogP contribution in [0.3, 0.4) is 0 Å². The Morgan fingerprint density at radius 2 is 1.81 bits per heavy atom. The third-order valence-electron chi connectivity index (χ3n) is 3.72. The van der Waals surface area contributed by atoms with Crippen molar-refractivity contribution >= 4 is 56.5 Å². The van der Waals surface area contributed by atoms with Crippen molar-refractivity contribution in [2.45, 2.75) is 24.7 Å².